The van der Waals surface area contributed by atoms with E-state index in [0.717, 1.165) is 11.8 Å². The lowest BCUT2D eigenvalue weighted by molar-refractivity contribution is 0.102. The summed E-state index contributed by atoms with van der Waals surface area (Å²) in [6, 6.07) is 7.74. The van der Waals surface area contributed by atoms with E-state index in [1.165, 1.54) is 12.1 Å². The zero-order valence-electron chi connectivity index (χ0n) is 11.7. The van der Waals surface area contributed by atoms with Gasteiger partial charge in [-0.1, -0.05) is 0 Å². The summed E-state index contributed by atoms with van der Waals surface area (Å²) in [5.41, 5.74) is 7.28. The second-order valence-electron chi connectivity index (χ2n) is 4.75. The van der Waals surface area contributed by atoms with Crippen LogP contribution in [0.3, 0.4) is 0 Å². The molecule has 2 aromatic carbocycles. The van der Waals surface area contributed by atoms with Crippen LogP contribution in [0.2, 0.25) is 0 Å². The molecule has 3 N–H and O–H groups in total. The molecule has 0 bridgehead atoms. The van der Waals surface area contributed by atoms with Gasteiger partial charge in [0.15, 0.2) is 0 Å². The molecule has 0 aliphatic heterocycles. The molecule has 0 radical (unpaired) electrons. The number of benzene rings is 2. The largest absolute Gasteiger partial charge is 0.397 e. The van der Waals surface area contributed by atoms with Gasteiger partial charge in [-0.2, -0.15) is 0 Å². The molecule has 6 heteroatoms. The summed E-state index contributed by atoms with van der Waals surface area (Å²) in [5, 5.41) is 2.38. The zero-order valence-corrected chi connectivity index (χ0v) is 11.7. The Morgan fingerprint density at radius 1 is 1.14 bits per heavy atom. The maximum atomic E-state index is 13.5. The number of carbonyl (C=O) groups excluding carboxylic acids is 1. The van der Waals surface area contributed by atoms with Gasteiger partial charge < -0.3 is 16.0 Å². The lowest BCUT2D eigenvalue weighted by Crippen LogP contribution is -2.15. The average molecular weight is 291 g/mol. The minimum Gasteiger partial charge on any atom is -0.397 e. The predicted octanol–water partition coefficient (Wildman–Crippen LogP) is 2.87. The number of nitrogens with two attached hydrogens (primary N) is 1. The molecule has 0 spiro atoms. The van der Waals surface area contributed by atoms with Crippen LogP contribution in [0.1, 0.15) is 10.4 Å². The molecule has 0 aromatic heterocycles. The number of nitrogens with zero attached hydrogens (tertiary/aromatic N) is 1. The maximum Gasteiger partial charge on any atom is 0.255 e. The minimum absolute atomic E-state index is 0.0864. The van der Waals surface area contributed by atoms with Crippen molar-refractivity contribution < 1.29 is 13.6 Å². The van der Waals surface area contributed by atoms with Crippen LogP contribution >= 0.6 is 0 Å². The molecule has 110 valence electrons. The van der Waals surface area contributed by atoms with Gasteiger partial charge in [0, 0.05) is 25.7 Å². The molecular formula is C15H15F2N3O. The topological polar surface area (TPSA) is 58.4 Å². The van der Waals surface area contributed by atoms with Crippen LogP contribution in [-0.2, 0) is 0 Å². The maximum absolute atomic E-state index is 13.5. The number of nitrogens with one attached hydrogen (secondary N) is 1. The van der Waals surface area contributed by atoms with Gasteiger partial charge in [-0.15, -0.1) is 0 Å². The molecule has 0 atom stereocenters. The predicted molar refractivity (Wildman–Crippen MR) is 79.5 cm³/mol. The van der Waals surface area contributed by atoms with Crippen molar-refractivity contribution in [3.8, 4) is 0 Å². The van der Waals surface area contributed by atoms with Crippen LogP contribution in [0.15, 0.2) is 36.4 Å². The SMILES string of the molecule is CN(C)c1ccc(C(=O)Nc2ccc(F)cc2F)cc1N. The Hall–Kier alpha value is -2.63. The van der Waals surface area contributed by atoms with Crippen molar-refractivity contribution in [2.75, 3.05) is 30.0 Å². The van der Waals surface area contributed by atoms with Crippen molar-refractivity contribution in [3.63, 3.8) is 0 Å². The summed E-state index contributed by atoms with van der Waals surface area (Å²) in [4.78, 5) is 13.9. The normalized spacial score (nSPS) is 10.3. The summed E-state index contributed by atoms with van der Waals surface area (Å²) in [6.07, 6.45) is 0. The summed E-state index contributed by atoms with van der Waals surface area (Å²) < 4.78 is 26.3. The van der Waals surface area contributed by atoms with Crippen LogP contribution in [0.5, 0.6) is 0 Å². The van der Waals surface area contributed by atoms with Gasteiger partial charge in [-0.25, -0.2) is 8.78 Å². The first-order chi connectivity index (χ1) is 9.88. The van der Waals surface area contributed by atoms with E-state index in [1.807, 2.05) is 19.0 Å². The van der Waals surface area contributed by atoms with Crippen LogP contribution in [0, 0.1) is 11.6 Å². The number of anilines is 3. The number of nitrogen functional groups attached to an aromatic ring is 1. The molecule has 0 saturated carbocycles. The lowest BCUT2D eigenvalue weighted by atomic mass is 10.1. The van der Waals surface area contributed by atoms with E-state index < -0.39 is 17.5 Å². The first-order valence-corrected chi connectivity index (χ1v) is 6.21. The van der Waals surface area contributed by atoms with Gasteiger partial charge in [-0.3, -0.25) is 4.79 Å². The van der Waals surface area contributed by atoms with Gasteiger partial charge in [0.1, 0.15) is 11.6 Å². The number of rotatable bonds is 3. The van der Waals surface area contributed by atoms with Crippen LogP contribution < -0.4 is 16.0 Å². The second kappa shape index (κ2) is 5.78. The van der Waals surface area contributed by atoms with Crippen molar-refractivity contribution in [2.24, 2.45) is 0 Å². The average Bonchev–Trinajstić information content (AvgIpc) is 2.41. The number of halogens is 2. The van der Waals surface area contributed by atoms with Crippen molar-refractivity contribution in [1.29, 1.82) is 0 Å². The smallest absolute Gasteiger partial charge is 0.255 e. The van der Waals surface area contributed by atoms with E-state index in [4.69, 9.17) is 5.73 Å². The third-order valence-electron chi connectivity index (χ3n) is 2.95. The molecule has 4 nitrogen and oxygen atoms in total. The highest BCUT2D eigenvalue weighted by atomic mass is 19.1. The highest BCUT2D eigenvalue weighted by molar-refractivity contribution is 6.05. The molecule has 21 heavy (non-hydrogen) atoms. The Morgan fingerprint density at radius 2 is 1.86 bits per heavy atom. The third-order valence-corrected chi connectivity index (χ3v) is 2.95. The molecule has 0 unspecified atom stereocenters. The van der Waals surface area contributed by atoms with Crippen LogP contribution in [0.4, 0.5) is 25.8 Å². The summed E-state index contributed by atoms with van der Waals surface area (Å²) >= 11 is 0. The number of hydrogen-bond donors (Lipinski definition) is 2. The quantitative estimate of drug-likeness (QED) is 0.855. The molecule has 0 heterocycles. The monoisotopic (exact) mass is 291 g/mol. The van der Waals surface area contributed by atoms with E-state index in [0.29, 0.717) is 17.3 Å². The molecule has 2 rings (SSSR count). The van der Waals surface area contributed by atoms with E-state index in [2.05, 4.69) is 5.32 Å². The van der Waals surface area contributed by atoms with Crippen molar-refractivity contribution in [1.82, 2.24) is 0 Å². The van der Waals surface area contributed by atoms with Crippen molar-refractivity contribution in [2.45, 2.75) is 0 Å². The molecule has 0 aliphatic rings. The fourth-order valence-corrected chi connectivity index (χ4v) is 1.89. The second-order valence-corrected chi connectivity index (χ2v) is 4.75. The standard InChI is InChI=1S/C15H15F2N3O/c1-20(2)14-6-3-9(7-12(14)18)15(21)19-13-5-4-10(16)8-11(13)17/h3-8H,18H2,1-2H3,(H,19,21). The molecule has 2 aromatic rings. The van der Waals surface area contributed by atoms with E-state index in [-0.39, 0.29) is 5.69 Å². The number of hydrogen-bond acceptors (Lipinski definition) is 3. The van der Waals surface area contributed by atoms with Gasteiger partial charge in [0.25, 0.3) is 5.91 Å². The number of carbonyl (C=O) groups is 1. The van der Waals surface area contributed by atoms with Crippen molar-refractivity contribution >= 4 is 23.0 Å². The highest BCUT2D eigenvalue weighted by Gasteiger charge is 2.12. The van der Waals surface area contributed by atoms with Gasteiger partial charge >= 0.3 is 0 Å². The highest BCUT2D eigenvalue weighted by Crippen LogP contribution is 2.23. The zero-order chi connectivity index (χ0) is 15.6. The van der Waals surface area contributed by atoms with Gasteiger partial charge in [0.2, 0.25) is 0 Å². The Bertz CT molecular complexity index is 687. The van der Waals surface area contributed by atoms with Crippen LogP contribution in [0.25, 0.3) is 0 Å². The first kappa shape index (κ1) is 14.8. The van der Waals surface area contributed by atoms with E-state index in [9.17, 15) is 13.6 Å². The first-order valence-electron chi connectivity index (χ1n) is 6.21. The Labute approximate surface area is 121 Å². The molecule has 0 aliphatic carbocycles. The van der Waals surface area contributed by atoms with E-state index >= 15 is 0 Å². The van der Waals surface area contributed by atoms with Gasteiger partial charge in [0.05, 0.1) is 17.1 Å². The fourth-order valence-electron chi connectivity index (χ4n) is 1.89. The van der Waals surface area contributed by atoms with Gasteiger partial charge in [-0.05, 0) is 30.3 Å². The summed E-state index contributed by atoms with van der Waals surface area (Å²) in [5.74, 6) is -2.05. The Morgan fingerprint density at radius 3 is 2.43 bits per heavy atom. The lowest BCUT2D eigenvalue weighted by Gasteiger charge is -2.16. The van der Waals surface area contributed by atoms with Crippen LogP contribution in [-0.4, -0.2) is 20.0 Å². The minimum atomic E-state index is -0.832. The Balaban J connectivity index is 2.22. The summed E-state index contributed by atoms with van der Waals surface area (Å²) in [6.45, 7) is 0. The fraction of sp³-hybridized carbons (Fsp3) is 0.133. The molecule has 0 saturated heterocycles. The molecule has 1 amide bonds. The van der Waals surface area contributed by atoms with Crippen molar-refractivity contribution in [3.05, 3.63) is 53.6 Å². The summed E-state index contributed by atoms with van der Waals surface area (Å²) in [7, 11) is 3.67. The molecular weight excluding hydrogens is 276 g/mol. The Kier molecular flexibility index (Phi) is 4.07. The third kappa shape index (κ3) is 3.28. The number of amides is 1. The molecule has 0 fully saturated rings. The van der Waals surface area contributed by atoms with E-state index in [1.54, 1.807) is 12.1 Å².